The molecule has 248 valence electrons. The van der Waals surface area contributed by atoms with Crippen molar-refractivity contribution in [1.29, 1.82) is 0 Å². The molecule has 1 unspecified atom stereocenters. The van der Waals surface area contributed by atoms with Gasteiger partial charge in [-0.25, -0.2) is 9.59 Å². The first-order valence-electron chi connectivity index (χ1n) is 14.3. The van der Waals surface area contributed by atoms with E-state index in [-0.39, 0.29) is 31.6 Å². The van der Waals surface area contributed by atoms with Crippen molar-refractivity contribution in [2.75, 3.05) is 12.4 Å². The van der Waals surface area contributed by atoms with Crippen molar-refractivity contribution < 1.29 is 43.3 Å². The highest BCUT2D eigenvalue weighted by Crippen LogP contribution is 2.41. The minimum Gasteiger partial charge on any atom is -0.455 e. The summed E-state index contributed by atoms with van der Waals surface area (Å²) < 4.78 is 16.2. The number of β-lactam (4-membered cyclic amide) rings is 1. The van der Waals surface area contributed by atoms with Gasteiger partial charge in [-0.15, -0.1) is 11.8 Å². The van der Waals surface area contributed by atoms with Crippen molar-refractivity contribution in [2.45, 2.75) is 90.7 Å². The summed E-state index contributed by atoms with van der Waals surface area (Å²) in [4.78, 5) is 65.0. The SMILES string of the molecule is CC(C)(C)OC(=O)C1=C(CO)CS[C@H]2[C@@H](NC(=O)CCCC(NC(=O)OCc3ccc(Cl)cc3Cl)OC(=O)C(C)(C)C)C(=O)N12. The first-order valence-corrected chi connectivity index (χ1v) is 16.1. The van der Waals surface area contributed by atoms with Gasteiger partial charge in [-0.3, -0.25) is 24.6 Å². The standard InChI is InChI=1S/C30H39Cl2N3O9S/c1-29(2,3)27(40)43-21(34-28(41)42-14-16-10-11-18(31)12-19(16)32)9-7-8-20(37)33-22-24(38)35-23(26(39)44-30(4,5)6)17(13-36)15-45-25(22)35/h10-12,21-22,25,36H,7-9,13-15H2,1-6H3,(H,33,37)(H,34,41)/t21?,22-,25-/m0/s1. The van der Waals surface area contributed by atoms with Gasteiger partial charge in [0.05, 0.1) is 12.0 Å². The second-order valence-corrected chi connectivity index (χ2v) is 14.5. The van der Waals surface area contributed by atoms with Crippen LogP contribution in [0.2, 0.25) is 10.0 Å². The van der Waals surface area contributed by atoms with Crippen LogP contribution in [-0.4, -0.2) is 75.5 Å². The first kappa shape index (κ1) is 36.5. The van der Waals surface area contributed by atoms with Crippen molar-refractivity contribution in [1.82, 2.24) is 15.5 Å². The van der Waals surface area contributed by atoms with Gasteiger partial charge in [-0.2, -0.15) is 0 Å². The Kier molecular flexibility index (Phi) is 12.2. The summed E-state index contributed by atoms with van der Waals surface area (Å²) in [5.74, 6) is -1.92. The molecule has 0 aliphatic carbocycles. The lowest BCUT2D eigenvalue weighted by Crippen LogP contribution is -2.70. The predicted octanol–water partition coefficient (Wildman–Crippen LogP) is 4.29. The zero-order chi connectivity index (χ0) is 33.7. The Morgan fingerprint density at radius 1 is 1.13 bits per heavy atom. The van der Waals surface area contributed by atoms with Crippen molar-refractivity contribution in [2.24, 2.45) is 5.41 Å². The summed E-state index contributed by atoms with van der Waals surface area (Å²) in [5, 5.41) is 15.2. The molecule has 0 radical (unpaired) electrons. The highest BCUT2D eigenvalue weighted by atomic mass is 35.5. The highest BCUT2D eigenvalue weighted by molar-refractivity contribution is 8.00. The molecule has 15 heteroatoms. The second-order valence-electron chi connectivity index (χ2n) is 12.6. The number of aliphatic hydroxyl groups excluding tert-OH is 1. The Bertz CT molecular complexity index is 1360. The number of halogens is 2. The molecular weight excluding hydrogens is 649 g/mol. The molecule has 2 heterocycles. The van der Waals surface area contributed by atoms with E-state index in [9.17, 15) is 29.1 Å². The van der Waals surface area contributed by atoms with E-state index < -0.39 is 65.1 Å². The number of nitrogens with zero attached hydrogens (tertiary/aromatic N) is 1. The van der Waals surface area contributed by atoms with E-state index in [1.807, 2.05) is 0 Å². The van der Waals surface area contributed by atoms with Crippen LogP contribution in [0.15, 0.2) is 29.5 Å². The third-order valence-corrected chi connectivity index (χ3v) is 8.46. The predicted molar refractivity (Wildman–Crippen MR) is 168 cm³/mol. The topological polar surface area (TPSA) is 161 Å². The second kappa shape index (κ2) is 15.1. The number of aliphatic hydroxyl groups is 1. The van der Waals surface area contributed by atoms with Crippen LogP contribution < -0.4 is 10.6 Å². The van der Waals surface area contributed by atoms with Gasteiger partial charge in [0.25, 0.3) is 5.91 Å². The highest BCUT2D eigenvalue weighted by Gasteiger charge is 2.54. The summed E-state index contributed by atoms with van der Waals surface area (Å²) in [6, 6.07) is 3.87. The van der Waals surface area contributed by atoms with E-state index in [0.29, 0.717) is 26.9 Å². The van der Waals surface area contributed by atoms with Crippen molar-refractivity contribution >= 4 is 64.8 Å². The molecular formula is C30H39Cl2N3O9S. The van der Waals surface area contributed by atoms with Crippen LogP contribution in [0.5, 0.6) is 0 Å². The number of fused-ring (bicyclic) bond motifs is 1. The maximum absolute atomic E-state index is 13.0. The van der Waals surface area contributed by atoms with Gasteiger partial charge in [-0.1, -0.05) is 29.3 Å². The lowest BCUT2D eigenvalue weighted by molar-refractivity contribution is -0.160. The lowest BCUT2D eigenvalue weighted by atomic mass is 9.97. The van der Waals surface area contributed by atoms with Gasteiger partial charge in [0.15, 0.2) is 6.23 Å². The Morgan fingerprint density at radius 3 is 2.42 bits per heavy atom. The quantitative estimate of drug-likeness (QED) is 0.132. The molecule has 2 aliphatic rings. The van der Waals surface area contributed by atoms with Gasteiger partial charge in [-0.05, 0) is 65.7 Å². The Hall–Kier alpha value is -3.00. The molecule has 0 saturated carbocycles. The lowest BCUT2D eigenvalue weighted by Gasteiger charge is -2.49. The molecule has 2 aliphatic heterocycles. The largest absolute Gasteiger partial charge is 0.455 e. The van der Waals surface area contributed by atoms with Gasteiger partial charge in [0.1, 0.15) is 29.3 Å². The fourth-order valence-corrected chi connectivity index (χ4v) is 6.03. The van der Waals surface area contributed by atoms with Crippen LogP contribution in [0.1, 0.15) is 66.4 Å². The molecule has 3 N–H and O–H groups in total. The number of ether oxygens (including phenoxy) is 3. The van der Waals surface area contributed by atoms with Crippen molar-refractivity contribution in [3.63, 3.8) is 0 Å². The maximum Gasteiger partial charge on any atom is 0.410 e. The molecule has 1 aromatic rings. The minimum atomic E-state index is -1.09. The molecule has 3 rings (SSSR count). The number of esters is 2. The molecule has 0 bridgehead atoms. The number of benzene rings is 1. The molecule has 1 fully saturated rings. The van der Waals surface area contributed by atoms with Gasteiger partial charge < -0.3 is 24.6 Å². The van der Waals surface area contributed by atoms with E-state index in [0.717, 1.165) is 0 Å². The number of hydrogen-bond donors (Lipinski definition) is 3. The zero-order valence-electron chi connectivity index (χ0n) is 26.0. The van der Waals surface area contributed by atoms with E-state index in [1.54, 1.807) is 53.7 Å². The fraction of sp³-hybridized carbons (Fsp3) is 0.567. The molecule has 1 aromatic carbocycles. The first-order chi connectivity index (χ1) is 20.9. The summed E-state index contributed by atoms with van der Waals surface area (Å²) in [6.45, 7) is 9.52. The van der Waals surface area contributed by atoms with Gasteiger partial charge in [0, 0.05) is 34.2 Å². The number of hydrogen-bond acceptors (Lipinski definition) is 10. The van der Waals surface area contributed by atoms with Crippen molar-refractivity contribution in [3.8, 4) is 0 Å². The number of thioether (sulfide) groups is 1. The summed E-state index contributed by atoms with van der Waals surface area (Å²) in [6.07, 6.45) is -1.72. The monoisotopic (exact) mass is 687 g/mol. The molecule has 45 heavy (non-hydrogen) atoms. The molecule has 3 atom stereocenters. The smallest absolute Gasteiger partial charge is 0.410 e. The van der Waals surface area contributed by atoms with Crippen LogP contribution >= 0.6 is 35.0 Å². The van der Waals surface area contributed by atoms with Crippen LogP contribution in [0, 0.1) is 5.41 Å². The number of carbonyl (C=O) groups excluding carboxylic acids is 5. The number of amides is 3. The van der Waals surface area contributed by atoms with E-state index in [2.05, 4.69) is 10.6 Å². The number of rotatable bonds is 11. The number of carbonyl (C=O) groups is 5. The molecule has 0 spiro atoms. The van der Waals surface area contributed by atoms with Crippen molar-refractivity contribution in [3.05, 3.63) is 45.1 Å². The molecule has 3 amide bonds. The van der Waals surface area contributed by atoms with Crippen LogP contribution in [0.3, 0.4) is 0 Å². The fourth-order valence-electron chi connectivity index (χ4n) is 4.24. The van der Waals surface area contributed by atoms with Crippen LogP contribution in [0.4, 0.5) is 4.79 Å². The minimum absolute atomic E-state index is 0.00599. The van der Waals surface area contributed by atoms with Crippen LogP contribution in [0.25, 0.3) is 0 Å². The summed E-state index contributed by atoms with van der Waals surface area (Å²) >= 11 is 13.3. The Morgan fingerprint density at radius 2 is 1.82 bits per heavy atom. The van der Waals surface area contributed by atoms with E-state index in [1.165, 1.54) is 22.7 Å². The third-order valence-electron chi connectivity index (χ3n) is 6.53. The van der Waals surface area contributed by atoms with E-state index in [4.69, 9.17) is 37.4 Å². The number of nitrogens with one attached hydrogen (secondary N) is 2. The molecule has 0 aromatic heterocycles. The zero-order valence-corrected chi connectivity index (χ0v) is 28.4. The number of alkyl carbamates (subject to hydrolysis) is 1. The normalized spacial score (nSPS) is 18.8. The van der Waals surface area contributed by atoms with Crippen LogP contribution in [-0.2, 0) is 40.0 Å². The molecule has 12 nitrogen and oxygen atoms in total. The summed E-state index contributed by atoms with van der Waals surface area (Å²) in [7, 11) is 0. The van der Waals surface area contributed by atoms with Gasteiger partial charge in [0.2, 0.25) is 5.91 Å². The molecule has 1 saturated heterocycles. The average molecular weight is 689 g/mol. The third kappa shape index (κ3) is 9.99. The van der Waals surface area contributed by atoms with Gasteiger partial charge >= 0.3 is 18.0 Å². The summed E-state index contributed by atoms with van der Waals surface area (Å²) in [5.41, 5.74) is -0.749. The average Bonchev–Trinajstić information content (AvgIpc) is 2.92. The Labute approximate surface area is 276 Å². The maximum atomic E-state index is 13.0. The van der Waals surface area contributed by atoms with E-state index >= 15 is 0 Å². The Balaban J connectivity index is 1.56.